The van der Waals surface area contributed by atoms with Gasteiger partial charge in [-0.3, -0.25) is 4.79 Å². The number of halogens is 2. The molecule has 2 heterocycles. The number of nitrogens with one attached hydrogen (secondary N) is 1. The van der Waals surface area contributed by atoms with Crippen molar-refractivity contribution in [1.82, 2.24) is 4.98 Å². The monoisotopic (exact) mass is 272 g/mol. The van der Waals surface area contributed by atoms with E-state index in [1.54, 1.807) is 24.3 Å². The van der Waals surface area contributed by atoms with Gasteiger partial charge in [-0.25, -0.2) is 4.98 Å². The number of carbonyl (C=O) groups is 1. The Labute approximate surface area is 106 Å². The van der Waals surface area contributed by atoms with Crippen LogP contribution in [0.2, 0.25) is 9.36 Å². The van der Waals surface area contributed by atoms with Crippen molar-refractivity contribution in [2.75, 3.05) is 5.32 Å². The van der Waals surface area contributed by atoms with Gasteiger partial charge in [0.05, 0.1) is 9.21 Å². The molecule has 0 atom stereocenters. The van der Waals surface area contributed by atoms with Crippen molar-refractivity contribution in [2.45, 2.75) is 0 Å². The van der Waals surface area contributed by atoms with Crippen molar-refractivity contribution in [1.29, 1.82) is 0 Å². The van der Waals surface area contributed by atoms with E-state index in [1.807, 2.05) is 0 Å². The zero-order valence-electron chi connectivity index (χ0n) is 7.91. The Kier molecular flexibility index (Phi) is 3.43. The van der Waals surface area contributed by atoms with Gasteiger partial charge in [0.25, 0.3) is 5.91 Å². The summed E-state index contributed by atoms with van der Waals surface area (Å²) < 4.78 is 0.573. The Bertz CT molecular complexity index is 527. The Balaban J connectivity index is 2.13. The smallest absolute Gasteiger partial charge is 0.266 e. The maximum absolute atomic E-state index is 11.7. The number of aromatic nitrogens is 1. The van der Waals surface area contributed by atoms with E-state index in [-0.39, 0.29) is 5.91 Å². The molecule has 0 aromatic carbocycles. The molecule has 6 heteroatoms. The van der Waals surface area contributed by atoms with Crippen LogP contribution in [0, 0.1) is 0 Å². The van der Waals surface area contributed by atoms with Gasteiger partial charge in [0.15, 0.2) is 0 Å². The van der Waals surface area contributed by atoms with E-state index in [0.717, 1.165) is 0 Å². The molecular weight excluding hydrogens is 267 g/mol. The maximum atomic E-state index is 11.7. The van der Waals surface area contributed by atoms with Crippen molar-refractivity contribution in [2.24, 2.45) is 0 Å². The van der Waals surface area contributed by atoms with E-state index in [9.17, 15) is 4.79 Å². The van der Waals surface area contributed by atoms with E-state index in [0.29, 0.717) is 20.1 Å². The first-order chi connectivity index (χ1) is 7.65. The number of hydrogen-bond acceptors (Lipinski definition) is 3. The summed E-state index contributed by atoms with van der Waals surface area (Å²) in [6.45, 7) is 0. The SMILES string of the molecule is O=C(Nc1cc(Cl)ccn1)c1ccc(Cl)s1. The lowest BCUT2D eigenvalue weighted by Crippen LogP contribution is -2.11. The van der Waals surface area contributed by atoms with E-state index in [2.05, 4.69) is 10.3 Å². The van der Waals surface area contributed by atoms with Crippen molar-refractivity contribution in [3.05, 3.63) is 44.7 Å². The van der Waals surface area contributed by atoms with Crippen LogP contribution in [-0.2, 0) is 0 Å². The average molecular weight is 273 g/mol. The van der Waals surface area contributed by atoms with Crippen LogP contribution in [0.25, 0.3) is 0 Å². The summed E-state index contributed by atoms with van der Waals surface area (Å²) in [6.07, 6.45) is 1.53. The Morgan fingerprint density at radius 1 is 1.31 bits per heavy atom. The number of rotatable bonds is 2. The first-order valence-corrected chi connectivity index (χ1v) is 5.90. The van der Waals surface area contributed by atoms with E-state index in [4.69, 9.17) is 23.2 Å². The minimum absolute atomic E-state index is 0.244. The minimum Gasteiger partial charge on any atom is -0.306 e. The molecule has 0 unspecified atom stereocenters. The van der Waals surface area contributed by atoms with Crippen LogP contribution in [0.4, 0.5) is 5.82 Å². The predicted octanol–water partition coefficient (Wildman–Crippen LogP) is 3.70. The fraction of sp³-hybridized carbons (Fsp3) is 0. The Morgan fingerprint density at radius 3 is 2.75 bits per heavy atom. The molecule has 3 nitrogen and oxygen atoms in total. The largest absolute Gasteiger partial charge is 0.306 e. The summed E-state index contributed by atoms with van der Waals surface area (Å²) in [7, 11) is 0. The number of carbonyl (C=O) groups excluding carboxylic acids is 1. The zero-order chi connectivity index (χ0) is 11.5. The molecule has 0 saturated heterocycles. The summed E-state index contributed by atoms with van der Waals surface area (Å²) >= 11 is 12.7. The number of amides is 1. The van der Waals surface area contributed by atoms with E-state index in [1.165, 1.54) is 17.5 Å². The van der Waals surface area contributed by atoms with Crippen LogP contribution >= 0.6 is 34.5 Å². The lowest BCUT2D eigenvalue weighted by atomic mass is 10.4. The van der Waals surface area contributed by atoms with Gasteiger partial charge in [0.1, 0.15) is 5.82 Å². The summed E-state index contributed by atoms with van der Waals surface area (Å²) in [5, 5.41) is 3.15. The second-order valence-corrected chi connectivity index (χ2v) is 5.07. The molecule has 82 valence electrons. The van der Waals surface area contributed by atoms with Gasteiger partial charge in [0, 0.05) is 11.2 Å². The summed E-state index contributed by atoms with van der Waals surface area (Å²) in [4.78, 5) is 16.2. The Morgan fingerprint density at radius 2 is 2.12 bits per heavy atom. The molecular formula is C10H6Cl2N2OS. The number of pyridine rings is 1. The normalized spacial score (nSPS) is 10.1. The molecule has 0 bridgehead atoms. The van der Waals surface area contributed by atoms with Crippen LogP contribution < -0.4 is 5.32 Å². The molecule has 1 amide bonds. The first-order valence-electron chi connectivity index (χ1n) is 4.33. The fourth-order valence-electron chi connectivity index (χ4n) is 1.09. The standard InChI is InChI=1S/C10H6Cl2N2OS/c11-6-3-4-13-9(5-6)14-10(15)7-1-2-8(12)16-7/h1-5H,(H,13,14,15). The molecule has 0 aliphatic carbocycles. The van der Waals surface area contributed by atoms with E-state index >= 15 is 0 Å². The van der Waals surface area contributed by atoms with Gasteiger partial charge in [-0.15, -0.1) is 11.3 Å². The van der Waals surface area contributed by atoms with Crippen LogP contribution in [0.3, 0.4) is 0 Å². The zero-order valence-corrected chi connectivity index (χ0v) is 10.2. The van der Waals surface area contributed by atoms with Gasteiger partial charge in [0.2, 0.25) is 0 Å². The highest BCUT2D eigenvalue weighted by molar-refractivity contribution is 7.18. The lowest BCUT2D eigenvalue weighted by molar-refractivity contribution is 0.103. The number of thiophene rings is 1. The van der Waals surface area contributed by atoms with Gasteiger partial charge in [-0.05, 0) is 24.3 Å². The molecule has 0 aliphatic rings. The summed E-state index contributed by atoms with van der Waals surface area (Å²) in [6, 6.07) is 6.55. The topological polar surface area (TPSA) is 42.0 Å². The predicted molar refractivity (Wildman–Crippen MR) is 66.5 cm³/mol. The second-order valence-electron chi connectivity index (χ2n) is 2.92. The second kappa shape index (κ2) is 4.82. The van der Waals surface area contributed by atoms with Gasteiger partial charge in [-0.1, -0.05) is 23.2 Å². The van der Waals surface area contributed by atoms with Crippen LogP contribution in [0.15, 0.2) is 30.5 Å². The quantitative estimate of drug-likeness (QED) is 0.906. The van der Waals surface area contributed by atoms with Gasteiger partial charge < -0.3 is 5.32 Å². The van der Waals surface area contributed by atoms with Crippen molar-refractivity contribution < 1.29 is 4.79 Å². The maximum Gasteiger partial charge on any atom is 0.266 e. The third-order valence-corrected chi connectivity index (χ3v) is 3.23. The molecule has 0 aliphatic heterocycles. The molecule has 2 rings (SSSR count). The number of hydrogen-bond donors (Lipinski definition) is 1. The van der Waals surface area contributed by atoms with Crippen molar-refractivity contribution >= 4 is 46.3 Å². The number of anilines is 1. The van der Waals surface area contributed by atoms with Crippen LogP contribution in [-0.4, -0.2) is 10.9 Å². The first kappa shape index (κ1) is 11.4. The van der Waals surface area contributed by atoms with Crippen LogP contribution in [0.5, 0.6) is 0 Å². The third kappa shape index (κ3) is 2.72. The third-order valence-electron chi connectivity index (χ3n) is 1.76. The summed E-state index contributed by atoms with van der Waals surface area (Å²) in [5.41, 5.74) is 0. The molecule has 16 heavy (non-hydrogen) atoms. The molecule has 1 N–H and O–H groups in total. The van der Waals surface area contributed by atoms with E-state index < -0.39 is 0 Å². The average Bonchev–Trinajstić information content (AvgIpc) is 2.65. The molecule has 0 radical (unpaired) electrons. The van der Waals surface area contributed by atoms with Crippen LogP contribution in [0.1, 0.15) is 9.67 Å². The van der Waals surface area contributed by atoms with Crippen molar-refractivity contribution in [3.63, 3.8) is 0 Å². The molecule has 0 saturated carbocycles. The highest BCUT2D eigenvalue weighted by Gasteiger charge is 2.09. The van der Waals surface area contributed by atoms with Gasteiger partial charge in [-0.2, -0.15) is 0 Å². The Hall–Kier alpha value is -1.10. The molecule has 2 aromatic rings. The van der Waals surface area contributed by atoms with Gasteiger partial charge >= 0.3 is 0 Å². The van der Waals surface area contributed by atoms with Crippen molar-refractivity contribution in [3.8, 4) is 0 Å². The lowest BCUT2D eigenvalue weighted by Gasteiger charge is -2.01. The minimum atomic E-state index is -0.244. The molecule has 0 fully saturated rings. The summed E-state index contributed by atoms with van der Waals surface area (Å²) in [5.74, 6) is 0.175. The molecule has 0 spiro atoms. The fourth-order valence-corrected chi connectivity index (χ4v) is 2.19. The highest BCUT2D eigenvalue weighted by Crippen LogP contribution is 2.22. The highest BCUT2D eigenvalue weighted by atomic mass is 35.5. The molecule has 2 aromatic heterocycles. The number of nitrogens with zero attached hydrogens (tertiary/aromatic N) is 1.